The Morgan fingerprint density at radius 3 is 2.55 bits per heavy atom. The molecule has 0 saturated carbocycles. The van der Waals surface area contributed by atoms with Crippen molar-refractivity contribution in [3.05, 3.63) is 46.3 Å². The molecular weight excluding hydrogens is 439 g/mol. The second-order valence-electron chi connectivity index (χ2n) is 7.64. The maximum atomic E-state index is 11.7. The summed E-state index contributed by atoms with van der Waals surface area (Å²) in [6, 6.07) is 7.35. The number of hydrogen-bond donors (Lipinski definition) is 0. The van der Waals surface area contributed by atoms with Gasteiger partial charge in [-0.2, -0.15) is 0 Å². The van der Waals surface area contributed by atoms with Gasteiger partial charge in [-0.25, -0.2) is 9.97 Å². The number of carbonyl (C=O) groups excluding carboxylic acids is 2. The van der Waals surface area contributed by atoms with Gasteiger partial charge in [0.1, 0.15) is 6.33 Å². The number of nitrogens with zero attached hydrogens (tertiary/aromatic N) is 4. The average molecular weight is 465 g/mol. The Balaban J connectivity index is 0.000000176. The van der Waals surface area contributed by atoms with Crippen molar-refractivity contribution in [2.24, 2.45) is 5.92 Å². The topological polar surface area (TPSA) is 75.6 Å². The highest BCUT2D eigenvalue weighted by atomic mass is 35.5. The minimum absolute atomic E-state index is 0.0739. The number of piperazine rings is 1. The highest BCUT2D eigenvalue weighted by Crippen LogP contribution is 2.27. The Kier molecular flexibility index (Phi) is 8.63. The van der Waals surface area contributed by atoms with Crippen molar-refractivity contribution in [1.82, 2.24) is 19.8 Å². The number of carbonyl (C=O) groups is 2. The van der Waals surface area contributed by atoms with Crippen molar-refractivity contribution in [2.75, 3.05) is 39.4 Å². The molecule has 0 radical (unpaired) electrons. The normalized spacial score (nSPS) is 17.2. The lowest BCUT2D eigenvalue weighted by Gasteiger charge is -2.35. The van der Waals surface area contributed by atoms with E-state index in [-0.39, 0.29) is 12.5 Å². The SMILES string of the molecule is Cc1cc(-c2ccc(Cl)c(Cl)c2)ncn1.O=CN1CCN(CC2CCOCC2)C(=O)C1. The molecule has 2 aliphatic heterocycles. The van der Waals surface area contributed by atoms with E-state index in [2.05, 4.69) is 9.97 Å². The number of ether oxygens (including phenoxy) is 1. The van der Waals surface area contributed by atoms with Gasteiger partial charge in [-0.05, 0) is 43.9 Å². The Bertz CT molecular complexity index is 906. The van der Waals surface area contributed by atoms with Gasteiger partial charge >= 0.3 is 0 Å². The summed E-state index contributed by atoms with van der Waals surface area (Å²) in [5.41, 5.74) is 2.71. The van der Waals surface area contributed by atoms with Crippen LogP contribution in [0.4, 0.5) is 0 Å². The fraction of sp³-hybridized carbons (Fsp3) is 0.455. The molecule has 0 atom stereocenters. The number of aromatic nitrogens is 2. The highest BCUT2D eigenvalue weighted by molar-refractivity contribution is 6.42. The first-order chi connectivity index (χ1) is 15.0. The molecule has 4 rings (SSSR count). The van der Waals surface area contributed by atoms with Gasteiger partial charge in [-0.3, -0.25) is 9.59 Å². The molecule has 0 bridgehead atoms. The number of aryl methyl sites for hydroxylation is 1. The van der Waals surface area contributed by atoms with E-state index in [1.165, 1.54) is 11.2 Å². The molecule has 2 aliphatic rings. The van der Waals surface area contributed by atoms with Crippen LogP contribution >= 0.6 is 23.2 Å². The minimum atomic E-state index is 0.0739. The van der Waals surface area contributed by atoms with Crippen molar-refractivity contribution < 1.29 is 14.3 Å². The summed E-state index contributed by atoms with van der Waals surface area (Å²) < 4.78 is 5.29. The van der Waals surface area contributed by atoms with E-state index >= 15 is 0 Å². The van der Waals surface area contributed by atoms with Crippen molar-refractivity contribution in [3.8, 4) is 11.3 Å². The van der Waals surface area contributed by atoms with E-state index in [0.717, 1.165) is 56.0 Å². The number of benzene rings is 1. The van der Waals surface area contributed by atoms with Gasteiger partial charge in [-0.1, -0.05) is 29.3 Å². The quantitative estimate of drug-likeness (QED) is 0.647. The van der Waals surface area contributed by atoms with Gasteiger partial charge in [-0.15, -0.1) is 0 Å². The number of halogens is 2. The molecule has 166 valence electrons. The fourth-order valence-corrected chi connectivity index (χ4v) is 3.82. The standard InChI is InChI=1S/C11H8Cl2N2.C11H18N2O3/c1-7-4-11(15-6-14-7)8-2-3-9(12)10(13)5-8;14-9-12-3-4-13(11(15)8-12)7-10-1-5-16-6-2-10/h2-6H,1H3;9-10H,1-8H2. The van der Waals surface area contributed by atoms with Gasteiger partial charge in [0.25, 0.3) is 0 Å². The van der Waals surface area contributed by atoms with E-state index in [1.54, 1.807) is 12.1 Å². The van der Waals surface area contributed by atoms with Crippen LogP contribution in [0.1, 0.15) is 18.5 Å². The second-order valence-corrected chi connectivity index (χ2v) is 8.46. The Morgan fingerprint density at radius 1 is 1.13 bits per heavy atom. The average Bonchev–Trinajstić information content (AvgIpc) is 2.78. The summed E-state index contributed by atoms with van der Waals surface area (Å²) in [6.45, 7) is 5.96. The lowest BCUT2D eigenvalue weighted by atomic mass is 9.99. The van der Waals surface area contributed by atoms with Crippen LogP contribution < -0.4 is 0 Å². The van der Waals surface area contributed by atoms with Gasteiger partial charge < -0.3 is 14.5 Å². The molecule has 0 N–H and O–H groups in total. The van der Waals surface area contributed by atoms with Crippen LogP contribution in [-0.4, -0.2) is 71.5 Å². The van der Waals surface area contributed by atoms with E-state index in [0.29, 0.717) is 29.1 Å². The molecule has 0 spiro atoms. The van der Waals surface area contributed by atoms with Crippen LogP contribution in [0, 0.1) is 12.8 Å². The van der Waals surface area contributed by atoms with E-state index < -0.39 is 0 Å². The van der Waals surface area contributed by atoms with E-state index in [4.69, 9.17) is 27.9 Å². The molecule has 2 fully saturated rings. The predicted octanol–water partition coefficient (Wildman–Crippen LogP) is 3.47. The summed E-state index contributed by atoms with van der Waals surface area (Å²) in [5, 5.41) is 1.08. The first kappa shape index (κ1) is 23.4. The first-order valence-electron chi connectivity index (χ1n) is 10.2. The van der Waals surface area contributed by atoms with E-state index in [1.807, 2.05) is 24.0 Å². The number of hydrogen-bond acceptors (Lipinski definition) is 5. The zero-order valence-corrected chi connectivity index (χ0v) is 19.0. The molecule has 2 amide bonds. The molecule has 7 nitrogen and oxygen atoms in total. The monoisotopic (exact) mass is 464 g/mol. The maximum absolute atomic E-state index is 11.7. The number of rotatable bonds is 4. The summed E-state index contributed by atoms with van der Waals surface area (Å²) in [4.78, 5) is 33.9. The minimum Gasteiger partial charge on any atom is -0.381 e. The molecule has 9 heteroatoms. The van der Waals surface area contributed by atoms with Crippen LogP contribution in [0.15, 0.2) is 30.6 Å². The summed E-state index contributed by atoms with van der Waals surface area (Å²) in [7, 11) is 0. The zero-order valence-electron chi connectivity index (χ0n) is 17.5. The molecule has 31 heavy (non-hydrogen) atoms. The Morgan fingerprint density at radius 2 is 1.90 bits per heavy atom. The van der Waals surface area contributed by atoms with Gasteiger partial charge in [0.15, 0.2) is 0 Å². The largest absolute Gasteiger partial charge is 0.381 e. The highest BCUT2D eigenvalue weighted by Gasteiger charge is 2.26. The third-order valence-electron chi connectivity index (χ3n) is 5.34. The van der Waals surface area contributed by atoms with Crippen molar-refractivity contribution in [2.45, 2.75) is 19.8 Å². The summed E-state index contributed by atoms with van der Waals surface area (Å²) in [6.07, 6.45) is 4.37. The first-order valence-corrected chi connectivity index (χ1v) is 11.0. The van der Waals surface area contributed by atoms with Crippen LogP contribution in [-0.2, 0) is 14.3 Å². The zero-order chi connectivity index (χ0) is 22.2. The van der Waals surface area contributed by atoms with E-state index in [9.17, 15) is 9.59 Å². The third-order valence-corrected chi connectivity index (χ3v) is 6.07. The Hall–Kier alpha value is -2.22. The predicted molar refractivity (Wildman–Crippen MR) is 120 cm³/mol. The molecule has 2 saturated heterocycles. The van der Waals surface area contributed by atoms with Crippen LogP contribution in [0.3, 0.4) is 0 Å². The van der Waals surface area contributed by atoms with Gasteiger partial charge in [0.05, 0.1) is 22.3 Å². The van der Waals surface area contributed by atoms with Gasteiger partial charge in [0, 0.05) is 44.1 Å². The molecule has 1 aromatic carbocycles. The van der Waals surface area contributed by atoms with Crippen LogP contribution in [0.2, 0.25) is 10.0 Å². The van der Waals surface area contributed by atoms with Crippen molar-refractivity contribution in [3.63, 3.8) is 0 Å². The molecule has 0 aliphatic carbocycles. The molecule has 1 aromatic heterocycles. The fourth-order valence-electron chi connectivity index (χ4n) is 3.52. The van der Waals surface area contributed by atoms with Gasteiger partial charge in [0.2, 0.25) is 12.3 Å². The third kappa shape index (κ3) is 6.89. The molecule has 0 unspecified atom stereocenters. The summed E-state index contributed by atoms with van der Waals surface area (Å²) in [5.74, 6) is 0.644. The summed E-state index contributed by atoms with van der Waals surface area (Å²) >= 11 is 11.8. The maximum Gasteiger partial charge on any atom is 0.242 e. The molecular formula is C22H26Cl2N4O3. The smallest absolute Gasteiger partial charge is 0.242 e. The van der Waals surface area contributed by atoms with Crippen molar-refractivity contribution >= 4 is 35.5 Å². The van der Waals surface area contributed by atoms with Crippen LogP contribution in [0.5, 0.6) is 0 Å². The Labute approximate surface area is 192 Å². The number of amides is 2. The van der Waals surface area contributed by atoms with Crippen LogP contribution in [0.25, 0.3) is 11.3 Å². The molecule has 2 aromatic rings. The van der Waals surface area contributed by atoms with Crippen molar-refractivity contribution in [1.29, 1.82) is 0 Å². The lowest BCUT2D eigenvalue weighted by Crippen LogP contribution is -2.51. The second kappa shape index (κ2) is 11.4. The molecule has 3 heterocycles. The lowest BCUT2D eigenvalue weighted by molar-refractivity contribution is -0.141.